The van der Waals surface area contributed by atoms with Crippen molar-refractivity contribution >= 4 is 5.91 Å². The predicted molar refractivity (Wildman–Crippen MR) is 98.1 cm³/mol. The smallest absolute Gasteiger partial charge is 0.271 e. The zero-order valence-corrected chi connectivity index (χ0v) is 15.0. The van der Waals surface area contributed by atoms with Gasteiger partial charge < -0.3 is 5.32 Å². The molecule has 132 valence electrons. The summed E-state index contributed by atoms with van der Waals surface area (Å²) in [6.07, 6.45) is 0. The number of halogens is 1. The maximum Gasteiger partial charge on any atom is 0.271 e. The lowest BCUT2D eigenvalue weighted by Gasteiger charge is -2.14. The van der Waals surface area contributed by atoms with Crippen LogP contribution in [0, 0.1) is 12.7 Å². The summed E-state index contributed by atoms with van der Waals surface area (Å²) in [4.78, 5) is 12.8. The van der Waals surface area contributed by atoms with Gasteiger partial charge in [0.25, 0.3) is 5.91 Å². The Kier molecular flexibility index (Phi) is 3.87. The SMILES string of the molecule is Cc1ccc(C2NC(=O)c3c2c(C(C)C)nn3-c2ccc(F)cc2)cc1. The largest absolute Gasteiger partial charge is 0.340 e. The molecule has 0 spiro atoms. The zero-order valence-electron chi connectivity index (χ0n) is 15.0. The quantitative estimate of drug-likeness (QED) is 0.767. The lowest BCUT2D eigenvalue weighted by atomic mass is 9.95. The molecule has 2 aromatic carbocycles. The van der Waals surface area contributed by atoms with E-state index < -0.39 is 0 Å². The Bertz CT molecular complexity index is 972. The Morgan fingerprint density at radius 3 is 2.35 bits per heavy atom. The fourth-order valence-electron chi connectivity index (χ4n) is 3.43. The van der Waals surface area contributed by atoms with Crippen molar-refractivity contribution in [1.82, 2.24) is 15.1 Å². The molecule has 1 unspecified atom stereocenters. The van der Waals surface area contributed by atoms with Crippen LogP contribution in [0.1, 0.15) is 58.7 Å². The monoisotopic (exact) mass is 349 g/mol. The number of hydrogen-bond acceptors (Lipinski definition) is 2. The number of aryl methyl sites for hydroxylation is 1. The molecule has 1 aliphatic heterocycles. The van der Waals surface area contributed by atoms with Gasteiger partial charge in [0.05, 0.1) is 17.4 Å². The van der Waals surface area contributed by atoms with Crippen LogP contribution in [0.4, 0.5) is 4.39 Å². The maximum atomic E-state index is 13.3. The van der Waals surface area contributed by atoms with Crippen LogP contribution in [0.2, 0.25) is 0 Å². The van der Waals surface area contributed by atoms with Gasteiger partial charge in [-0.05, 0) is 42.7 Å². The van der Waals surface area contributed by atoms with Gasteiger partial charge in [-0.2, -0.15) is 5.10 Å². The van der Waals surface area contributed by atoms with Gasteiger partial charge in [-0.15, -0.1) is 0 Å². The van der Waals surface area contributed by atoms with Gasteiger partial charge in [-0.1, -0.05) is 43.7 Å². The molecule has 2 heterocycles. The Hall–Kier alpha value is -2.95. The van der Waals surface area contributed by atoms with Gasteiger partial charge >= 0.3 is 0 Å². The molecule has 0 saturated carbocycles. The highest BCUT2D eigenvalue weighted by Gasteiger charge is 2.38. The van der Waals surface area contributed by atoms with Gasteiger partial charge in [-0.25, -0.2) is 9.07 Å². The van der Waals surface area contributed by atoms with Gasteiger partial charge in [0.1, 0.15) is 11.5 Å². The molecule has 1 atom stereocenters. The topological polar surface area (TPSA) is 46.9 Å². The number of aromatic nitrogens is 2. The molecule has 0 saturated heterocycles. The number of nitrogens with zero attached hydrogens (tertiary/aromatic N) is 2. The predicted octanol–water partition coefficient (Wildman–Crippen LogP) is 4.28. The highest BCUT2D eigenvalue weighted by Crippen LogP contribution is 2.37. The summed E-state index contributed by atoms with van der Waals surface area (Å²) in [5.41, 5.74) is 5.21. The van der Waals surface area contributed by atoms with Crippen LogP contribution >= 0.6 is 0 Å². The summed E-state index contributed by atoms with van der Waals surface area (Å²) >= 11 is 0. The van der Waals surface area contributed by atoms with E-state index in [1.807, 2.05) is 31.2 Å². The summed E-state index contributed by atoms with van der Waals surface area (Å²) in [6.45, 7) is 6.16. The standard InChI is InChI=1S/C21H20FN3O/c1-12(2)18-17-19(14-6-4-13(3)5-7-14)23-21(26)20(17)25(24-18)16-10-8-15(22)9-11-16/h4-12,19H,1-3H3,(H,23,26). The number of nitrogens with one attached hydrogen (secondary N) is 1. The zero-order chi connectivity index (χ0) is 18.4. The van der Waals surface area contributed by atoms with E-state index in [1.165, 1.54) is 17.7 Å². The van der Waals surface area contributed by atoms with E-state index in [9.17, 15) is 9.18 Å². The van der Waals surface area contributed by atoms with Crippen molar-refractivity contribution in [2.45, 2.75) is 32.7 Å². The van der Waals surface area contributed by atoms with E-state index in [0.29, 0.717) is 11.4 Å². The van der Waals surface area contributed by atoms with Crippen LogP contribution in [0.5, 0.6) is 0 Å². The van der Waals surface area contributed by atoms with Crippen molar-refractivity contribution in [2.24, 2.45) is 0 Å². The summed E-state index contributed by atoms with van der Waals surface area (Å²) in [5, 5.41) is 7.79. The number of benzene rings is 2. The molecule has 5 heteroatoms. The third kappa shape index (κ3) is 2.60. The molecule has 0 radical (unpaired) electrons. The molecular formula is C21H20FN3O. The first kappa shape index (κ1) is 16.5. The Morgan fingerprint density at radius 1 is 1.08 bits per heavy atom. The number of rotatable bonds is 3. The van der Waals surface area contributed by atoms with Crippen LogP contribution in [0.25, 0.3) is 5.69 Å². The molecule has 1 amide bonds. The van der Waals surface area contributed by atoms with Crippen LogP contribution in [0.15, 0.2) is 48.5 Å². The van der Waals surface area contributed by atoms with Gasteiger partial charge in [0.2, 0.25) is 0 Å². The molecule has 26 heavy (non-hydrogen) atoms. The molecule has 3 aromatic rings. The molecular weight excluding hydrogens is 329 g/mol. The lowest BCUT2D eigenvalue weighted by molar-refractivity contribution is 0.0953. The number of hydrogen-bond donors (Lipinski definition) is 1. The van der Waals surface area contributed by atoms with Gasteiger partial charge in [0, 0.05) is 5.56 Å². The van der Waals surface area contributed by atoms with Crippen LogP contribution in [0.3, 0.4) is 0 Å². The second-order valence-electron chi connectivity index (χ2n) is 7.01. The molecule has 1 aliphatic rings. The minimum atomic E-state index is -0.316. The van der Waals surface area contributed by atoms with Gasteiger partial charge in [-0.3, -0.25) is 4.79 Å². The first-order valence-electron chi connectivity index (χ1n) is 8.72. The first-order chi connectivity index (χ1) is 12.5. The minimum Gasteiger partial charge on any atom is -0.340 e. The first-order valence-corrected chi connectivity index (χ1v) is 8.72. The Morgan fingerprint density at radius 2 is 1.73 bits per heavy atom. The van der Waals surface area contributed by atoms with E-state index in [-0.39, 0.29) is 23.7 Å². The second-order valence-corrected chi connectivity index (χ2v) is 7.01. The summed E-state index contributed by atoms with van der Waals surface area (Å²) in [7, 11) is 0. The summed E-state index contributed by atoms with van der Waals surface area (Å²) in [5.74, 6) is -0.316. The highest BCUT2D eigenvalue weighted by atomic mass is 19.1. The fourth-order valence-corrected chi connectivity index (χ4v) is 3.43. The van der Waals surface area contributed by atoms with Crippen molar-refractivity contribution in [1.29, 1.82) is 0 Å². The summed E-state index contributed by atoms with van der Waals surface area (Å²) < 4.78 is 14.9. The maximum absolute atomic E-state index is 13.3. The molecule has 0 aliphatic carbocycles. The lowest BCUT2D eigenvalue weighted by Crippen LogP contribution is -2.23. The molecule has 1 aromatic heterocycles. The highest BCUT2D eigenvalue weighted by molar-refractivity contribution is 5.99. The van der Waals surface area contributed by atoms with E-state index in [0.717, 1.165) is 16.8 Å². The molecule has 4 rings (SSSR count). The number of carbonyl (C=O) groups excluding carboxylic acids is 1. The Labute approximate surface area is 151 Å². The average molecular weight is 349 g/mol. The number of fused-ring (bicyclic) bond motifs is 1. The Balaban J connectivity index is 1.90. The molecule has 0 fully saturated rings. The van der Waals surface area contributed by atoms with Gasteiger partial charge in [0.15, 0.2) is 0 Å². The van der Waals surface area contributed by atoms with E-state index in [2.05, 4.69) is 19.2 Å². The van der Waals surface area contributed by atoms with Crippen LogP contribution in [-0.2, 0) is 0 Å². The van der Waals surface area contributed by atoms with E-state index >= 15 is 0 Å². The molecule has 1 N–H and O–H groups in total. The summed E-state index contributed by atoms with van der Waals surface area (Å²) in [6, 6.07) is 14.0. The number of amides is 1. The number of carbonyl (C=O) groups is 1. The normalized spacial score (nSPS) is 16.0. The second kappa shape index (κ2) is 6.09. The molecule has 0 bridgehead atoms. The van der Waals surface area contributed by atoms with Crippen molar-refractivity contribution in [3.05, 3.63) is 82.4 Å². The molecule has 4 nitrogen and oxygen atoms in total. The van der Waals surface area contributed by atoms with E-state index in [1.54, 1.807) is 16.8 Å². The minimum absolute atomic E-state index is 0.158. The van der Waals surface area contributed by atoms with Crippen molar-refractivity contribution in [3.63, 3.8) is 0 Å². The van der Waals surface area contributed by atoms with Crippen LogP contribution in [-0.4, -0.2) is 15.7 Å². The van der Waals surface area contributed by atoms with Crippen molar-refractivity contribution < 1.29 is 9.18 Å². The van der Waals surface area contributed by atoms with E-state index in [4.69, 9.17) is 5.10 Å². The third-order valence-electron chi connectivity index (χ3n) is 4.76. The average Bonchev–Trinajstić information content (AvgIpc) is 3.16. The fraction of sp³-hybridized carbons (Fsp3) is 0.238. The van der Waals surface area contributed by atoms with Crippen molar-refractivity contribution in [3.8, 4) is 5.69 Å². The third-order valence-corrected chi connectivity index (χ3v) is 4.76. The van der Waals surface area contributed by atoms with Crippen LogP contribution < -0.4 is 5.32 Å². The van der Waals surface area contributed by atoms with Crippen molar-refractivity contribution in [2.75, 3.05) is 0 Å².